The first-order valence-corrected chi connectivity index (χ1v) is 13.0. The zero-order valence-corrected chi connectivity index (χ0v) is 20.7. The lowest BCUT2D eigenvalue weighted by molar-refractivity contribution is -0.139. The summed E-state index contributed by atoms with van der Waals surface area (Å²) in [5.41, 5.74) is 1.94. The Morgan fingerprint density at radius 2 is 1.75 bits per heavy atom. The van der Waals surface area contributed by atoms with Gasteiger partial charge in [-0.2, -0.15) is 0 Å². The fourth-order valence-electron chi connectivity index (χ4n) is 3.88. The van der Waals surface area contributed by atoms with Crippen molar-refractivity contribution in [2.45, 2.75) is 63.4 Å². The first-order chi connectivity index (χ1) is 15.4. The van der Waals surface area contributed by atoms with Crippen LogP contribution in [0.5, 0.6) is 0 Å². The van der Waals surface area contributed by atoms with Crippen molar-refractivity contribution >= 4 is 46.8 Å². The molecule has 0 aliphatic heterocycles. The van der Waals surface area contributed by atoms with Gasteiger partial charge in [-0.25, -0.2) is 0 Å². The summed E-state index contributed by atoms with van der Waals surface area (Å²) >= 11 is 13.8. The fraction of sp³-hybridized carbons (Fsp3) is 0.440. The quantitative estimate of drug-likeness (QED) is 0.460. The first-order valence-electron chi connectivity index (χ1n) is 11.1. The third kappa shape index (κ3) is 7.43. The lowest BCUT2D eigenvalue weighted by Crippen LogP contribution is -2.50. The van der Waals surface area contributed by atoms with Crippen LogP contribution >= 0.6 is 35.0 Å². The Hall–Kier alpha value is -1.69. The molecule has 3 rings (SSSR count). The zero-order chi connectivity index (χ0) is 22.9. The van der Waals surface area contributed by atoms with Crippen molar-refractivity contribution in [2.75, 3.05) is 5.75 Å². The summed E-state index contributed by atoms with van der Waals surface area (Å²) in [7, 11) is 0. The van der Waals surface area contributed by atoms with E-state index in [1.54, 1.807) is 17.0 Å². The van der Waals surface area contributed by atoms with Gasteiger partial charge in [-0.1, -0.05) is 72.8 Å². The third-order valence-electron chi connectivity index (χ3n) is 5.83. The molecular formula is C25H30Cl2N2O2S. The number of nitrogens with one attached hydrogen (secondary N) is 1. The molecule has 2 amide bonds. The summed E-state index contributed by atoms with van der Waals surface area (Å²) in [5, 5.41) is 4.50. The summed E-state index contributed by atoms with van der Waals surface area (Å²) in [5.74, 6) is 0.765. The Morgan fingerprint density at radius 3 is 2.44 bits per heavy atom. The minimum atomic E-state index is -0.555. The van der Waals surface area contributed by atoms with Gasteiger partial charge in [0.05, 0.1) is 5.75 Å². The number of rotatable bonds is 9. The van der Waals surface area contributed by atoms with Crippen LogP contribution in [-0.4, -0.2) is 34.6 Å². The molecule has 1 unspecified atom stereocenters. The van der Waals surface area contributed by atoms with Crippen molar-refractivity contribution in [3.8, 4) is 0 Å². The van der Waals surface area contributed by atoms with Gasteiger partial charge in [0.15, 0.2) is 0 Å². The Labute approximate surface area is 205 Å². The van der Waals surface area contributed by atoms with Gasteiger partial charge < -0.3 is 10.2 Å². The molecule has 0 heterocycles. The van der Waals surface area contributed by atoms with Gasteiger partial charge in [-0.15, -0.1) is 11.8 Å². The standard InChI is InChI=1S/C25H30Cl2N2O2S/c1-18(25(31)28-22-8-3-2-4-9-22)29(15-19-11-13-21(26)14-12-19)24(30)17-32-16-20-7-5-6-10-23(20)27/h5-7,10-14,18,22H,2-4,8-9,15-17H2,1H3,(H,28,31). The molecule has 0 saturated heterocycles. The van der Waals surface area contributed by atoms with E-state index in [0.29, 0.717) is 22.3 Å². The van der Waals surface area contributed by atoms with Gasteiger partial charge in [0, 0.05) is 28.4 Å². The van der Waals surface area contributed by atoms with Crippen LogP contribution in [0.25, 0.3) is 0 Å². The Bertz CT molecular complexity index is 901. The second-order valence-corrected chi connectivity index (χ2v) is 10.1. The molecule has 1 aliphatic carbocycles. The highest BCUT2D eigenvalue weighted by molar-refractivity contribution is 7.99. The lowest BCUT2D eigenvalue weighted by Gasteiger charge is -2.31. The van der Waals surface area contributed by atoms with Gasteiger partial charge in [0.1, 0.15) is 6.04 Å². The average Bonchev–Trinajstić information content (AvgIpc) is 2.80. The molecule has 1 fully saturated rings. The van der Waals surface area contributed by atoms with Crippen LogP contribution in [0.15, 0.2) is 48.5 Å². The number of amides is 2. The van der Waals surface area contributed by atoms with Crippen molar-refractivity contribution in [1.82, 2.24) is 10.2 Å². The minimum absolute atomic E-state index is 0.0664. The fourth-order valence-corrected chi connectivity index (χ4v) is 5.21. The smallest absolute Gasteiger partial charge is 0.242 e. The molecule has 0 spiro atoms. The summed E-state index contributed by atoms with van der Waals surface area (Å²) in [6.07, 6.45) is 5.54. The molecule has 4 nitrogen and oxygen atoms in total. The van der Waals surface area contributed by atoms with E-state index in [9.17, 15) is 9.59 Å². The lowest BCUT2D eigenvalue weighted by atomic mass is 9.95. The summed E-state index contributed by atoms with van der Waals surface area (Å²) in [4.78, 5) is 27.9. The average molecular weight is 494 g/mol. The van der Waals surface area contributed by atoms with Crippen LogP contribution in [0.3, 0.4) is 0 Å². The molecule has 172 valence electrons. The predicted molar refractivity (Wildman–Crippen MR) is 134 cm³/mol. The highest BCUT2D eigenvalue weighted by Gasteiger charge is 2.28. The molecule has 2 aromatic rings. The van der Waals surface area contributed by atoms with E-state index in [2.05, 4.69) is 5.32 Å². The number of nitrogens with zero attached hydrogens (tertiary/aromatic N) is 1. The molecule has 1 saturated carbocycles. The van der Waals surface area contributed by atoms with Crippen molar-refractivity contribution in [1.29, 1.82) is 0 Å². The van der Waals surface area contributed by atoms with E-state index >= 15 is 0 Å². The van der Waals surface area contributed by atoms with Gasteiger partial charge in [0.2, 0.25) is 11.8 Å². The summed E-state index contributed by atoms with van der Waals surface area (Å²) < 4.78 is 0. The van der Waals surface area contributed by atoms with Crippen molar-refractivity contribution < 1.29 is 9.59 Å². The van der Waals surface area contributed by atoms with E-state index in [1.807, 2.05) is 43.3 Å². The number of carbonyl (C=O) groups is 2. The normalized spacial score (nSPS) is 15.2. The van der Waals surface area contributed by atoms with Crippen LogP contribution < -0.4 is 5.32 Å². The van der Waals surface area contributed by atoms with E-state index in [1.165, 1.54) is 18.2 Å². The Balaban J connectivity index is 1.65. The van der Waals surface area contributed by atoms with Crippen LogP contribution in [-0.2, 0) is 21.9 Å². The maximum Gasteiger partial charge on any atom is 0.242 e. The number of carbonyl (C=O) groups excluding carboxylic acids is 2. The zero-order valence-electron chi connectivity index (χ0n) is 18.4. The molecule has 32 heavy (non-hydrogen) atoms. The number of hydrogen-bond acceptors (Lipinski definition) is 3. The molecule has 1 atom stereocenters. The van der Waals surface area contributed by atoms with Crippen LogP contribution in [0.4, 0.5) is 0 Å². The molecule has 0 bridgehead atoms. The van der Waals surface area contributed by atoms with E-state index in [0.717, 1.165) is 36.8 Å². The van der Waals surface area contributed by atoms with Crippen LogP contribution in [0, 0.1) is 0 Å². The number of benzene rings is 2. The van der Waals surface area contributed by atoms with Gasteiger partial charge in [0.25, 0.3) is 0 Å². The maximum absolute atomic E-state index is 13.2. The van der Waals surface area contributed by atoms with E-state index in [-0.39, 0.29) is 23.6 Å². The van der Waals surface area contributed by atoms with E-state index < -0.39 is 6.04 Å². The molecule has 0 radical (unpaired) electrons. The molecule has 7 heteroatoms. The number of halogens is 2. The summed E-state index contributed by atoms with van der Waals surface area (Å²) in [6.45, 7) is 2.17. The Morgan fingerprint density at radius 1 is 1.06 bits per heavy atom. The molecule has 1 N–H and O–H groups in total. The van der Waals surface area contributed by atoms with Crippen LogP contribution in [0.2, 0.25) is 10.0 Å². The highest BCUT2D eigenvalue weighted by atomic mass is 35.5. The topological polar surface area (TPSA) is 49.4 Å². The van der Waals surface area contributed by atoms with Crippen molar-refractivity contribution in [3.63, 3.8) is 0 Å². The second-order valence-electron chi connectivity index (χ2n) is 8.25. The maximum atomic E-state index is 13.2. The van der Waals surface area contributed by atoms with Gasteiger partial charge >= 0.3 is 0 Å². The number of thioether (sulfide) groups is 1. The molecule has 2 aromatic carbocycles. The molecular weight excluding hydrogens is 463 g/mol. The summed E-state index contributed by atoms with van der Waals surface area (Å²) in [6, 6.07) is 14.7. The minimum Gasteiger partial charge on any atom is -0.352 e. The van der Waals surface area contributed by atoms with Crippen molar-refractivity contribution in [2.24, 2.45) is 0 Å². The second kappa shape index (κ2) is 12.5. The van der Waals surface area contributed by atoms with Gasteiger partial charge in [-0.3, -0.25) is 9.59 Å². The Kier molecular flexibility index (Phi) is 9.76. The van der Waals surface area contributed by atoms with Crippen molar-refractivity contribution in [3.05, 3.63) is 69.7 Å². The third-order valence-corrected chi connectivity index (χ3v) is 7.41. The largest absolute Gasteiger partial charge is 0.352 e. The predicted octanol–water partition coefficient (Wildman–Crippen LogP) is 6.09. The molecule has 0 aromatic heterocycles. The number of hydrogen-bond donors (Lipinski definition) is 1. The van der Waals surface area contributed by atoms with Crippen LogP contribution in [0.1, 0.15) is 50.2 Å². The van der Waals surface area contributed by atoms with Gasteiger partial charge in [-0.05, 0) is 49.1 Å². The first kappa shape index (κ1) is 24.9. The highest BCUT2D eigenvalue weighted by Crippen LogP contribution is 2.22. The van der Waals surface area contributed by atoms with E-state index in [4.69, 9.17) is 23.2 Å². The molecule has 1 aliphatic rings. The monoisotopic (exact) mass is 492 g/mol. The SMILES string of the molecule is CC(C(=O)NC1CCCCC1)N(Cc1ccc(Cl)cc1)C(=O)CSCc1ccccc1Cl.